The lowest BCUT2D eigenvalue weighted by Gasteiger charge is -2.15. The van der Waals surface area contributed by atoms with Crippen LogP contribution in [0.4, 0.5) is 0 Å². The number of aliphatic hydroxyl groups is 1. The molecule has 0 bridgehead atoms. The first kappa shape index (κ1) is 27.9. The number of methoxy groups -OCH3 is 1. The monoisotopic (exact) mass is 578 g/mol. The summed E-state index contributed by atoms with van der Waals surface area (Å²) in [5.41, 5.74) is 4.05. The molecule has 2 N–H and O–H groups in total. The number of hydrogen-bond acceptors (Lipinski definition) is 8. The lowest BCUT2D eigenvalue weighted by Crippen LogP contribution is -2.38. The second-order valence-corrected chi connectivity index (χ2v) is 12.8. The van der Waals surface area contributed by atoms with Crippen molar-refractivity contribution in [1.29, 1.82) is 0 Å². The Morgan fingerprint density at radius 1 is 1.07 bits per heavy atom. The fraction of sp³-hybridized carbons (Fsp3) is 0.267. The topological polar surface area (TPSA) is 119 Å². The van der Waals surface area contributed by atoms with Crippen molar-refractivity contribution in [1.82, 2.24) is 9.88 Å². The molecule has 1 aromatic heterocycles. The van der Waals surface area contributed by atoms with Gasteiger partial charge in [0.25, 0.3) is 0 Å². The van der Waals surface area contributed by atoms with Crippen molar-refractivity contribution >= 4 is 27.7 Å². The minimum Gasteiger partial charge on any atom is -0.497 e. The van der Waals surface area contributed by atoms with Gasteiger partial charge in [0.2, 0.25) is 15.9 Å². The van der Waals surface area contributed by atoms with E-state index in [1.807, 2.05) is 79.7 Å². The van der Waals surface area contributed by atoms with Gasteiger partial charge in [0.15, 0.2) is 5.76 Å². The minimum atomic E-state index is -3.61. The van der Waals surface area contributed by atoms with Gasteiger partial charge in [0.1, 0.15) is 5.75 Å². The lowest BCUT2D eigenvalue weighted by molar-refractivity contribution is -0.121. The summed E-state index contributed by atoms with van der Waals surface area (Å²) in [6.45, 7) is 1.82. The average molecular weight is 579 g/mol. The second kappa shape index (κ2) is 11.1. The summed E-state index contributed by atoms with van der Waals surface area (Å²) < 4.78 is 36.1. The van der Waals surface area contributed by atoms with Gasteiger partial charge < -0.3 is 14.4 Å². The Labute approximate surface area is 237 Å². The highest BCUT2D eigenvalue weighted by Gasteiger charge is 2.52. The Bertz CT molecular complexity index is 1630. The Hall–Kier alpha value is -3.60. The van der Waals surface area contributed by atoms with E-state index in [1.165, 1.54) is 11.8 Å². The SMILES string of the molecule is COc1cccc(SCC(O)c2c(C)noc2-c2ccc(-c3ccc(C4(C(=O)NS(C)(=O)=O)CC4)cc3)cc2)c1. The van der Waals surface area contributed by atoms with Crippen molar-refractivity contribution in [2.45, 2.75) is 36.2 Å². The minimum absolute atomic E-state index is 0.427. The number of nitrogens with zero attached hydrogens (tertiary/aromatic N) is 1. The van der Waals surface area contributed by atoms with Gasteiger partial charge in [-0.1, -0.05) is 59.8 Å². The molecule has 40 heavy (non-hydrogen) atoms. The van der Waals surface area contributed by atoms with Crippen LogP contribution in [0.5, 0.6) is 5.75 Å². The highest BCUT2D eigenvalue weighted by molar-refractivity contribution is 7.99. The molecule has 4 aromatic rings. The number of thioether (sulfide) groups is 1. The van der Waals surface area contributed by atoms with Crippen LogP contribution in [0.15, 0.2) is 82.2 Å². The van der Waals surface area contributed by atoms with Crippen molar-refractivity contribution < 1.29 is 27.6 Å². The van der Waals surface area contributed by atoms with Crippen LogP contribution in [0.25, 0.3) is 22.5 Å². The molecule has 1 saturated carbocycles. The third kappa shape index (κ3) is 5.94. The third-order valence-corrected chi connectivity index (χ3v) is 8.70. The fourth-order valence-electron chi connectivity index (χ4n) is 4.76. The number of nitrogens with one attached hydrogen (secondary N) is 1. The van der Waals surface area contributed by atoms with Gasteiger partial charge in [-0.05, 0) is 54.7 Å². The van der Waals surface area contributed by atoms with E-state index < -0.39 is 27.4 Å². The zero-order valence-electron chi connectivity index (χ0n) is 22.4. The van der Waals surface area contributed by atoms with Gasteiger partial charge in [-0.2, -0.15) is 0 Å². The van der Waals surface area contributed by atoms with E-state index >= 15 is 0 Å². The van der Waals surface area contributed by atoms with Gasteiger partial charge >= 0.3 is 0 Å². The average Bonchev–Trinajstić information content (AvgIpc) is 3.67. The predicted molar refractivity (Wildman–Crippen MR) is 155 cm³/mol. The molecule has 1 fully saturated rings. The molecule has 1 aliphatic carbocycles. The van der Waals surface area contributed by atoms with Crippen molar-refractivity contribution in [3.63, 3.8) is 0 Å². The summed E-state index contributed by atoms with van der Waals surface area (Å²) in [6, 6.07) is 23.1. The molecule has 8 nitrogen and oxygen atoms in total. The van der Waals surface area contributed by atoms with E-state index in [-0.39, 0.29) is 0 Å². The maximum atomic E-state index is 12.6. The smallest absolute Gasteiger partial charge is 0.244 e. The summed E-state index contributed by atoms with van der Waals surface area (Å²) in [5.74, 6) is 1.25. The van der Waals surface area contributed by atoms with E-state index in [0.29, 0.717) is 35.6 Å². The molecule has 3 aromatic carbocycles. The van der Waals surface area contributed by atoms with Crippen LogP contribution in [0, 0.1) is 6.92 Å². The van der Waals surface area contributed by atoms with E-state index in [4.69, 9.17) is 9.26 Å². The standard InChI is InChI=1S/C30H30N2O6S2/c1-19-27(26(33)18-39-25-6-4-5-24(17-25)37-2)28(38-31-19)22-9-7-20(8-10-22)21-11-13-23(14-12-21)30(15-16-30)29(34)32-40(3,35)36/h4-14,17,26,33H,15-16,18H2,1-3H3,(H,32,34). The number of benzene rings is 3. The van der Waals surface area contributed by atoms with E-state index in [1.54, 1.807) is 7.11 Å². The van der Waals surface area contributed by atoms with E-state index in [2.05, 4.69) is 9.88 Å². The fourth-order valence-corrected chi connectivity index (χ4v) is 6.18. The Morgan fingerprint density at radius 3 is 2.30 bits per heavy atom. The first-order valence-electron chi connectivity index (χ1n) is 12.7. The number of carbonyl (C=O) groups excluding carboxylic acids is 1. The Balaban J connectivity index is 1.30. The van der Waals surface area contributed by atoms with E-state index in [9.17, 15) is 18.3 Å². The molecule has 1 heterocycles. The zero-order valence-corrected chi connectivity index (χ0v) is 24.0. The Kier molecular flexibility index (Phi) is 7.76. The predicted octanol–water partition coefficient (Wildman–Crippen LogP) is 5.26. The Morgan fingerprint density at radius 2 is 1.70 bits per heavy atom. The maximum Gasteiger partial charge on any atom is 0.244 e. The van der Waals surface area contributed by atoms with Gasteiger partial charge in [0, 0.05) is 16.2 Å². The van der Waals surface area contributed by atoms with Crippen LogP contribution in [0.3, 0.4) is 0 Å². The number of aryl methyl sites for hydroxylation is 1. The van der Waals surface area contributed by atoms with Gasteiger partial charge in [-0.25, -0.2) is 8.42 Å². The number of carbonyl (C=O) groups is 1. The van der Waals surface area contributed by atoms with Gasteiger partial charge in [-0.3, -0.25) is 9.52 Å². The number of rotatable bonds is 10. The first-order chi connectivity index (χ1) is 19.1. The molecule has 0 spiro atoms. The molecule has 10 heteroatoms. The van der Waals surface area contributed by atoms with Crippen molar-refractivity contribution in [2.75, 3.05) is 19.1 Å². The number of aliphatic hydroxyl groups excluding tert-OH is 1. The molecule has 0 saturated heterocycles. The summed E-state index contributed by atoms with van der Waals surface area (Å²) in [4.78, 5) is 13.6. The molecular weight excluding hydrogens is 548 g/mol. The number of sulfonamides is 1. The molecular formula is C30H30N2O6S2. The number of amides is 1. The summed E-state index contributed by atoms with van der Waals surface area (Å²) in [7, 11) is -1.99. The quantitative estimate of drug-likeness (QED) is 0.245. The second-order valence-electron chi connectivity index (χ2n) is 9.96. The highest BCUT2D eigenvalue weighted by atomic mass is 32.2. The van der Waals surface area contributed by atoms with Gasteiger partial charge in [-0.15, -0.1) is 11.8 Å². The molecule has 1 unspecified atom stereocenters. The summed E-state index contributed by atoms with van der Waals surface area (Å²) in [6.07, 6.45) is 1.44. The van der Waals surface area contributed by atoms with Crippen LogP contribution in [-0.4, -0.2) is 43.7 Å². The van der Waals surface area contributed by atoms with Crippen molar-refractivity contribution in [2.24, 2.45) is 0 Å². The molecule has 5 rings (SSSR count). The van der Waals surface area contributed by atoms with Crippen LogP contribution >= 0.6 is 11.8 Å². The molecule has 208 valence electrons. The van der Waals surface area contributed by atoms with Crippen molar-refractivity contribution in [3.8, 4) is 28.2 Å². The third-order valence-electron chi connectivity index (χ3n) is 7.07. The van der Waals surface area contributed by atoms with Crippen LogP contribution in [-0.2, 0) is 20.2 Å². The molecule has 1 atom stereocenters. The number of hydrogen-bond donors (Lipinski definition) is 2. The van der Waals surface area contributed by atoms with Crippen LogP contribution in [0.1, 0.15) is 35.8 Å². The van der Waals surface area contributed by atoms with Crippen LogP contribution in [0.2, 0.25) is 0 Å². The largest absolute Gasteiger partial charge is 0.497 e. The first-order valence-corrected chi connectivity index (χ1v) is 15.6. The van der Waals surface area contributed by atoms with Crippen LogP contribution < -0.4 is 9.46 Å². The maximum absolute atomic E-state index is 12.6. The highest BCUT2D eigenvalue weighted by Crippen LogP contribution is 2.49. The van der Waals surface area contributed by atoms with Gasteiger partial charge in [0.05, 0.1) is 36.1 Å². The molecule has 0 aliphatic heterocycles. The molecule has 1 aliphatic rings. The summed E-state index contributed by atoms with van der Waals surface area (Å²) >= 11 is 1.53. The number of aromatic nitrogens is 1. The molecule has 1 amide bonds. The number of ether oxygens (including phenoxy) is 1. The lowest BCUT2D eigenvalue weighted by atomic mass is 9.93. The van der Waals surface area contributed by atoms with E-state index in [0.717, 1.165) is 39.2 Å². The molecule has 0 radical (unpaired) electrons. The summed E-state index contributed by atoms with van der Waals surface area (Å²) in [5, 5.41) is 15.2. The zero-order chi connectivity index (χ0) is 28.5. The normalized spacial score (nSPS) is 14.9. The van der Waals surface area contributed by atoms with Crippen molar-refractivity contribution in [3.05, 3.63) is 89.6 Å².